The normalized spacial score (nSPS) is 10.2. The first-order valence-electron chi connectivity index (χ1n) is 4.09. The summed E-state index contributed by atoms with van der Waals surface area (Å²) in [4.78, 5) is 0. The Hall–Kier alpha value is -1.35. The Balaban J connectivity index is 2.20. The number of anilines is 1. The van der Waals surface area contributed by atoms with Crippen LogP contribution >= 0.6 is 11.5 Å². The summed E-state index contributed by atoms with van der Waals surface area (Å²) in [5.41, 5.74) is 8.08. The number of benzene rings is 1. The standard InChI is InChI=1S/C10H10N2S/c11-10-9(7-13-12-10)6-8-4-2-1-3-5-8/h1-5,7H,6H2,(H2,11,12). The average molecular weight is 190 g/mol. The van der Waals surface area contributed by atoms with Gasteiger partial charge in [0.25, 0.3) is 0 Å². The monoisotopic (exact) mass is 190 g/mol. The van der Waals surface area contributed by atoms with Crippen molar-refractivity contribution in [3.63, 3.8) is 0 Å². The van der Waals surface area contributed by atoms with Crippen molar-refractivity contribution in [2.45, 2.75) is 6.42 Å². The lowest BCUT2D eigenvalue weighted by Gasteiger charge is -1.98. The number of nitrogen functional groups attached to an aromatic ring is 1. The minimum Gasteiger partial charge on any atom is -0.383 e. The van der Waals surface area contributed by atoms with Gasteiger partial charge in [-0.1, -0.05) is 30.3 Å². The van der Waals surface area contributed by atoms with E-state index in [0.717, 1.165) is 12.0 Å². The van der Waals surface area contributed by atoms with Gasteiger partial charge in [-0.2, -0.15) is 4.37 Å². The minimum atomic E-state index is 0.661. The van der Waals surface area contributed by atoms with Crippen molar-refractivity contribution in [1.29, 1.82) is 0 Å². The molecule has 2 N–H and O–H groups in total. The predicted molar refractivity (Wildman–Crippen MR) is 55.8 cm³/mol. The van der Waals surface area contributed by atoms with Crippen LogP contribution in [0.1, 0.15) is 11.1 Å². The quantitative estimate of drug-likeness (QED) is 0.789. The van der Waals surface area contributed by atoms with E-state index in [1.165, 1.54) is 17.1 Å². The second-order valence-electron chi connectivity index (χ2n) is 2.89. The van der Waals surface area contributed by atoms with Gasteiger partial charge in [0.2, 0.25) is 0 Å². The molecule has 0 spiro atoms. The van der Waals surface area contributed by atoms with E-state index < -0.39 is 0 Å². The van der Waals surface area contributed by atoms with Gasteiger partial charge in [-0.25, -0.2) is 0 Å². The Morgan fingerprint density at radius 2 is 2.00 bits per heavy atom. The van der Waals surface area contributed by atoms with Gasteiger partial charge < -0.3 is 5.73 Å². The van der Waals surface area contributed by atoms with Crippen LogP contribution in [0.2, 0.25) is 0 Å². The number of hydrogen-bond donors (Lipinski definition) is 1. The third kappa shape index (κ3) is 1.87. The molecule has 0 aliphatic heterocycles. The molecule has 0 amide bonds. The van der Waals surface area contributed by atoms with Crippen LogP contribution in [0.5, 0.6) is 0 Å². The first-order chi connectivity index (χ1) is 6.36. The lowest BCUT2D eigenvalue weighted by Crippen LogP contribution is -1.92. The molecule has 0 aliphatic carbocycles. The molecule has 2 aromatic rings. The Kier molecular flexibility index (Phi) is 2.27. The third-order valence-electron chi connectivity index (χ3n) is 1.91. The number of aromatic nitrogens is 1. The topological polar surface area (TPSA) is 38.9 Å². The maximum absolute atomic E-state index is 5.69. The van der Waals surface area contributed by atoms with Gasteiger partial charge in [0.05, 0.1) is 0 Å². The molecule has 0 saturated carbocycles. The van der Waals surface area contributed by atoms with Crippen molar-refractivity contribution >= 4 is 17.4 Å². The van der Waals surface area contributed by atoms with Gasteiger partial charge >= 0.3 is 0 Å². The van der Waals surface area contributed by atoms with Crippen LogP contribution in [-0.4, -0.2) is 4.37 Å². The van der Waals surface area contributed by atoms with Gasteiger partial charge in [-0.05, 0) is 17.1 Å². The molecule has 0 bridgehead atoms. The second-order valence-corrected chi connectivity index (χ2v) is 3.52. The van der Waals surface area contributed by atoms with Gasteiger partial charge in [0.1, 0.15) is 5.82 Å². The molecule has 2 rings (SSSR count). The molecule has 0 fully saturated rings. The molecular formula is C10H10N2S. The molecule has 0 radical (unpaired) electrons. The zero-order chi connectivity index (χ0) is 9.10. The SMILES string of the molecule is Nc1nscc1Cc1ccccc1. The largest absolute Gasteiger partial charge is 0.383 e. The smallest absolute Gasteiger partial charge is 0.140 e. The van der Waals surface area contributed by atoms with E-state index >= 15 is 0 Å². The van der Waals surface area contributed by atoms with Crippen LogP contribution in [0.4, 0.5) is 5.82 Å². The zero-order valence-corrected chi connectivity index (χ0v) is 7.92. The second kappa shape index (κ2) is 3.58. The first kappa shape index (κ1) is 8.26. The third-order valence-corrected chi connectivity index (χ3v) is 2.60. The van der Waals surface area contributed by atoms with Crippen molar-refractivity contribution in [3.8, 4) is 0 Å². The van der Waals surface area contributed by atoms with Crippen LogP contribution in [0, 0.1) is 0 Å². The summed E-state index contributed by atoms with van der Waals surface area (Å²) in [6.45, 7) is 0. The van der Waals surface area contributed by atoms with E-state index in [1.807, 2.05) is 23.6 Å². The summed E-state index contributed by atoms with van der Waals surface area (Å²) in [5, 5.41) is 2.00. The van der Waals surface area contributed by atoms with Crippen molar-refractivity contribution < 1.29 is 0 Å². The van der Waals surface area contributed by atoms with Gasteiger partial charge in [0.15, 0.2) is 0 Å². The fourth-order valence-corrected chi connectivity index (χ4v) is 1.83. The van der Waals surface area contributed by atoms with E-state index in [9.17, 15) is 0 Å². The molecule has 66 valence electrons. The molecule has 0 saturated heterocycles. The highest BCUT2D eigenvalue weighted by Gasteiger charge is 2.01. The number of nitrogens with two attached hydrogens (primary N) is 1. The fourth-order valence-electron chi connectivity index (χ4n) is 1.21. The minimum absolute atomic E-state index is 0.661. The number of rotatable bonds is 2. The summed E-state index contributed by atoms with van der Waals surface area (Å²) in [7, 11) is 0. The van der Waals surface area contributed by atoms with E-state index in [1.54, 1.807) is 0 Å². The highest BCUT2D eigenvalue weighted by Crippen LogP contribution is 2.16. The van der Waals surface area contributed by atoms with Gasteiger partial charge in [0, 0.05) is 17.4 Å². The highest BCUT2D eigenvalue weighted by molar-refractivity contribution is 7.04. The van der Waals surface area contributed by atoms with Crippen molar-refractivity contribution in [2.24, 2.45) is 0 Å². The summed E-state index contributed by atoms with van der Waals surface area (Å²) >= 11 is 1.41. The van der Waals surface area contributed by atoms with E-state index in [4.69, 9.17) is 5.73 Å². The summed E-state index contributed by atoms with van der Waals surface area (Å²) in [5.74, 6) is 0.661. The van der Waals surface area contributed by atoms with Crippen LogP contribution in [0.25, 0.3) is 0 Å². The molecule has 1 aromatic heterocycles. The average Bonchev–Trinajstić information content (AvgIpc) is 2.54. The first-order valence-corrected chi connectivity index (χ1v) is 4.92. The molecule has 0 atom stereocenters. The maximum atomic E-state index is 5.69. The molecule has 13 heavy (non-hydrogen) atoms. The molecule has 1 aromatic carbocycles. The number of hydrogen-bond acceptors (Lipinski definition) is 3. The Labute approximate surface area is 81.2 Å². The van der Waals surface area contributed by atoms with Crippen LogP contribution in [0.3, 0.4) is 0 Å². The maximum Gasteiger partial charge on any atom is 0.140 e. The van der Waals surface area contributed by atoms with Crippen LogP contribution in [-0.2, 0) is 6.42 Å². The van der Waals surface area contributed by atoms with Gasteiger partial charge in [-0.3, -0.25) is 0 Å². The molecular weight excluding hydrogens is 180 g/mol. The molecule has 1 heterocycles. The van der Waals surface area contributed by atoms with E-state index in [-0.39, 0.29) is 0 Å². The molecule has 0 unspecified atom stereocenters. The Morgan fingerprint density at radius 3 is 2.62 bits per heavy atom. The molecule has 0 aliphatic rings. The molecule has 3 heteroatoms. The van der Waals surface area contributed by atoms with E-state index in [2.05, 4.69) is 16.5 Å². The summed E-state index contributed by atoms with van der Waals surface area (Å²) in [6, 6.07) is 10.3. The predicted octanol–water partition coefficient (Wildman–Crippen LogP) is 2.32. The summed E-state index contributed by atoms with van der Waals surface area (Å²) < 4.78 is 4.03. The Bertz CT molecular complexity index is 381. The van der Waals surface area contributed by atoms with Crippen molar-refractivity contribution in [3.05, 3.63) is 46.8 Å². The fraction of sp³-hybridized carbons (Fsp3) is 0.100. The lowest BCUT2D eigenvalue weighted by atomic mass is 10.1. The van der Waals surface area contributed by atoms with Crippen LogP contribution < -0.4 is 5.73 Å². The van der Waals surface area contributed by atoms with Crippen molar-refractivity contribution in [1.82, 2.24) is 4.37 Å². The van der Waals surface area contributed by atoms with E-state index in [0.29, 0.717) is 5.82 Å². The molecule has 2 nitrogen and oxygen atoms in total. The van der Waals surface area contributed by atoms with Gasteiger partial charge in [-0.15, -0.1) is 0 Å². The van der Waals surface area contributed by atoms with Crippen LogP contribution in [0.15, 0.2) is 35.7 Å². The number of nitrogens with zero attached hydrogens (tertiary/aromatic N) is 1. The zero-order valence-electron chi connectivity index (χ0n) is 7.10. The van der Waals surface area contributed by atoms with Crippen molar-refractivity contribution in [2.75, 3.05) is 5.73 Å². The lowest BCUT2D eigenvalue weighted by molar-refractivity contribution is 1.20. The Morgan fingerprint density at radius 1 is 1.23 bits per heavy atom. The summed E-state index contributed by atoms with van der Waals surface area (Å²) in [6.07, 6.45) is 0.878. The highest BCUT2D eigenvalue weighted by atomic mass is 32.1.